The number of rotatable bonds is 3. The monoisotopic (exact) mass is 662 g/mol. The third-order valence-corrected chi connectivity index (χ3v) is 11.9. The highest BCUT2D eigenvalue weighted by Crippen LogP contribution is 2.46. The molecule has 0 nitrogen and oxygen atoms in total. The van der Waals surface area contributed by atoms with E-state index in [1.54, 1.807) is 0 Å². The van der Waals surface area contributed by atoms with E-state index < -0.39 is 0 Å². The average molecular weight is 663 g/mol. The van der Waals surface area contributed by atoms with Crippen molar-refractivity contribution in [2.24, 2.45) is 0 Å². The highest BCUT2D eigenvalue weighted by atomic mass is 32.1. The van der Waals surface area contributed by atoms with Gasteiger partial charge in [0.15, 0.2) is 0 Å². The van der Waals surface area contributed by atoms with Crippen LogP contribution >= 0.6 is 11.3 Å². The summed E-state index contributed by atoms with van der Waals surface area (Å²) in [6.07, 6.45) is 0. The molecule has 0 aliphatic carbocycles. The quantitative estimate of drug-likeness (QED) is 0.165. The molecule has 0 spiro atoms. The highest BCUT2D eigenvalue weighted by Gasteiger charge is 2.18. The number of benzene rings is 10. The molecule has 0 radical (unpaired) electrons. The zero-order valence-corrected chi connectivity index (χ0v) is 28.5. The summed E-state index contributed by atoms with van der Waals surface area (Å²) < 4.78 is 2.68. The summed E-state index contributed by atoms with van der Waals surface area (Å²) in [5.74, 6) is 0. The van der Waals surface area contributed by atoms with Gasteiger partial charge in [-0.05, 0) is 118 Å². The van der Waals surface area contributed by atoms with Gasteiger partial charge in [-0.3, -0.25) is 0 Å². The van der Waals surface area contributed by atoms with Crippen molar-refractivity contribution in [2.45, 2.75) is 0 Å². The van der Waals surface area contributed by atoms with Crippen molar-refractivity contribution in [1.82, 2.24) is 0 Å². The SMILES string of the molecule is c1ccc2c(-c3c4ccccc4c(-c4ccc5cc(-c6ccc7sc8ccc9ccccc9c8c7c6)ccc5c4)c4ccccc34)cccc2c1. The molecule has 0 aliphatic heterocycles. The average Bonchev–Trinajstić information content (AvgIpc) is 3.58. The molecule has 10 aromatic carbocycles. The minimum atomic E-state index is 1.24. The predicted octanol–water partition coefficient (Wildman–Crippen LogP) is 14.8. The van der Waals surface area contributed by atoms with Gasteiger partial charge >= 0.3 is 0 Å². The first kappa shape index (κ1) is 28.5. The zero-order valence-electron chi connectivity index (χ0n) is 27.7. The lowest BCUT2D eigenvalue weighted by Gasteiger charge is -2.19. The van der Waals surface area contributed by atoms with Crippen LogP contribution in [0.25, 0.3) is 107 Å². The first-order chi connectivity index (χ1) is 25.3. The van der Waals surface area contributed by atoms with Gasteiger partial charge in [-0.2, -0.15) is 0 Å². The third kappa shape index (κ3) is 4.39. The second-order valence-electron chi connectivity index (χ2n) is 13.6. The summed E-state index contributed by atoms with van der Waals surface area (Å²) in [5, 5.41) is 15.5. The first-order valence-electron chi connectivity index (χ1n) is 17.6. The number of hydrogen-bond acceptors (Lipinski definition) is 1. The molecule has 11 aromatic rings. The lowest BCUT2D eigenvalue weighted by Crippen LogP contribution is -1.91. The Morgan fingerprint density at radius 3 is 1.49 bits per heavy atom. The van der Waals surface area contributed by atoms with Gasteiger partial charge in [0, 0.05) is 20.2 Å². The number of fused-ring (bicyclic) bond motifs is 9. The van der Waals surface area contributed by atoms with Crippen LogP contribution in [0, 0.1) is 0 Å². The molecule has 0 bridgehead atoms. The van der Waals surface area contributed by atoms with E-state index in [1.165, 1.54) is 107 Å². The maximum absolute atomic E-state index is 2.39. The fraction of sp³-hybridized carbons (Fsp3) is 0. The van der Waals surface area contributed by atoms with Gasteiger partial charge in [-0.15, -0.1) is 11.3 Å². The molecule has 0 unspecified atom stereocenters. The molecule has 1 heterocycles. The van der Waals surface area contributed by atoms with Crippen molar-refractivity contribution >= 4 is 85.4 Å². The summed E-state index contributed by atoms with van der Waals surface area (Å²) >= 11 is 1.88. The summed E-state index contributed by atoms with van der Waals surface area (Å²) in [5.41, 5.74) is 7.60. The lowest BCUT2D eigenvalue weighted by atomic mass is 9.84. The second-order valence-corrected chi connectivity index (χ2v) is 14.7. The Balaban J connectivity index is 1.08. The highest BCUT2D eigenvalue weighted by molar-refractivity contribution is 7.26. The van der Waals surface area contributed by atoms with Crippen LogP contribution in [0.15, 0.2) is 182 Å². The van der Waals surface area contributed by atoms with Crippen molar-refractivity contribution in [3.63, 3.8) is 0 Å². The van der Waals surface area contributed by atoms with Crippen LogP contribution in [0.3, 0.4) is 0 Å². The van der Waals surface area contributed by atoms with E-state index in [1.807, 2.05) is 11.3 Å². The Hall–Kier alpha value is -6.28. The summed E-state index contributed by atoms with van der Waals surface area (Å²) in [6, 6.07) is 67.5. The normalized spacial score (nSPS) is 11.9. The third-order valence-electron chi connectivity index (χ3n) is 10.8. The van der Waals surface area contributed by atoms with Gasteiger partial charge in [0.1, 0.15) is 0 Å². The van der Waals surface area contributed by atoms with Crippen molar-refractivity contribution in [2.75, 3.05) is 0 Å². The molecule has 0 atom stereocenters. The Labute approximate surface area is 299 Å². The maximum atomic E-state index is 2.39. The van der Waals surface area contributed by atoms with Gasteiger partial charge in [-0.1, -0.05) is 152 Å². The fourth-order valence-electron chi connectivity index (χ4n) is 8.48. The Bertz CT molecular complexity index is 3130. The summed E-state index contributed by atoms with van der Waals surface area (Å²) in [4.78, 5) is 0. The number of thiophene rings is 1. The molecule has 0 fully saturated rings. The van der Waals surface area contributed by atoms with Crippen LogP contribution in [-0.4, -0.2) is 0 Å². The molecular formula is C50H30S. The molecule has 0 saturated carbocycles. The standard InChI is InChI=1S/C50H30S/c1-3-13-38-31(10-1)12-9-19-40(38)49-43-17-7-5-15-41(43)48(42-16-6-8-18-44(42)49)37-23-22-33-28-34(20-21-35(33)29-37)36-25-26-46-45(30-36)50-39-14-4-2-11-32(39)24-27-47(50)51-46/h1-30H. The van der Waals surface area contributed by atoms with E-state index in [4.69, 9.17) is 0 Å². The van der Waals surface area contributed by atoms with Gasteiger partial charge in [0.05, 0.1) is 0 Å². The maximum Gasteiger partial charge on any atom is 0.0361 e. The van der Waals surface area contributed by atoms with E-state index in [0.717, 1.165) is 0 Å². The Morgan fingerprint density at radius 1 is 0.275 bits per heavy atom. The number of hydrogen-bond donors (Lipinski definition) is 0. The predicted molar refractivity (Wildman–Crippen MR) is 223 cm³/mol. The molecular weight excluding hydrogens is 633 g/mol. The van der Waals surface area contributed by atoms with Crippen LogP contribution in [-0.2, 0) is 0 Å². The summed E-state index contributed by atoms with van der Waals surface area (Å²) in [6.45, 7) is 0. The molecule has 1 heteroatoms. The first-order valence-corrected chi connectivity index (χ1v) is 18.4. The summed E-state index contributed by atoms with van der Waals surface area (Å²) in [7, 11) is 0. The van der Waals surface area contributed by atoms with Crippen molar-refractivity contribution in [3.8, 4) is 33.4 Å². The minimum Gasteiger partial charge on any atom is -0.135 e. The lowest BCUT2D eigenvalue weighted by molar-refractivity contribution is 1.67. The van der Waals surface area contributed by atoms with Crippen LogP contribution in [0.1, 0.15) is 0 Å². The molecule has 0 amide bonds. The molecule has 11 rings (SSSR count). The molecule has 0 aliphatic rings. The molecule has 51 heavy (non-hydrogen) atoms. The van der Waals surface area contributed by atoms with Gasteiger partial charge in [-0.25, -0.2) is 0 Å². The van der Waals surface area contributed by atoms with Crippen LogP contribution in [0.4, 0.5) is 0 Å². The molecule has 236 valence electrons. The van der Waals surface area contributed by atoms with E-state index in [-0.39, 0.29) is 0 Å². The van der Waals surface area contributed by atoms with E-state index in [2.05, 4.69) is 182 Å². The van der Waals surface area contributed by atoms with Crippen molar-refractivity contribution in [1.29, 1.82) is 0 Å². The minimum absolute atomic E-state index is 1.24. The molecule has 1 aromatic heterocycles. The fourth-order valence-corrected chi connectivity index (χ4v) is 9.58. The van der Waals surface area contributed by atoms with E-state index in [0.29, 0.717) is 0 Å². The van der Waals surface area contributed by atoms with Gasteiger partial charge in [0.2, 0.25) is 0 Å². The van der Waals surface area contributed by atoms with Crippen LogP contribution < -0.4 is 0 Å². The van der Waals surface area contributed by atoms with E-state index in [9.17, 15) is 0 Å². The zero-order chi connectivity index (χ0) is 33.5. The van der Waals surface area contributed by atoms with Crippen LogP contribution in [0.2, 0.25) is 0 Å². The Morgan fingerprint density at radius 2 is 0.765 bits per heavy atom. The van der Waals surface area contributed by atoms with Crippen LogP contribution in [0.5, 0.6) is 0 Å². The second kappa shape index (κ2) is 11.1. The Kier molecular flexibility index (Phi) is 6.22. The molecule has 0 saturated heterocycles. The smallest absolute Gasteiger partial charge is 0.0361 e. The molecule has 0 N–H and O–H groups in total. The van der Waals surface area contributed by atoms with Gasteiger partial charge < -0.3 is 0 Å². The van der Waals surface area contributed by atoms with E-state index >= 15 is 0 Å². The van der Waals surface area contributed by atoms with Crippen molar-refractivity contribution < 1.29 is 0 Å². The largest absolute Gasteiger partial charge is 0.135 e. The van der Waals surface area contributed by atoms with Gasteiger partial charge in [0.25, 0.3) is 0 Å². The van der Waals surface area contributed by atoms with Crippen molar-refractivity contribution in [3.05, 3.63) is 182 Å². The topological polar surface area (TPSA) is 0 Å².